The van der Waals surface area contributed by atoms with E-state index < -0.39 is 5.97 Å². The van der Waals surface area contributed by atoms with Crippen LogP contribution in [0.15, 0.2) is 41.8 Å². The number of hydrogen-bond donors (Lipinski definition) is 1. The molecule has 0 saturated heterocycles. The summed E-state index contributed by atoms with van der Waals surface area (Å²) in [4.78, 5) is 28.9. The lowest BCUT2D eigenvalue weighted by Gasteiger charge is -2.06. The first-order valence-electron chi connectivity index (χ1n) is 9.10. The van der Waals surface area contributed by atoms with Crippen molar-refractivity contribution >= 4 is 28.2 Å². The van der Waals surface area contributed by atoms with Crippen molar-refractivity contribution in [3.63, 3.8) is 0 Å². The zero-order valence-electron chi connectivity index (χ0n) is 16.2. The van der Waals surface area contributed by atoms with Gasteiger partial charge in [0.2, 0.25) is 5.78 Å². The number of ketones is 1. The van der Waals surface area contributed by atoms with Gasteiger partial charge in [0, 0.05) is 35.4 Å². The highest BCUT2D eigenvalue weighted by Gasteiger charge is 2.18. The van der Waals surface area contributed by atoms with Gasteiger partial charge < -0.3 is 14.6 Å². The van der Waals surface area contributed by atoms with Crippen LogP contribution in [0.25, 0.3) is 0 Å². The number of carbonyl (C=O) groups is 2. The zero-order valence-corrected chi connectivity index (χ0v) is 17.0. The lowest BCUT2D eigenvalue weighted by Crippen LogP contribution is -2.15. The van der Waals surface area contributed by atoms with Crippen LogP contribution in [0.2, 0.25) is 0 Å². The molecule has 1 N–H and O–H groups in total. The number of aromatic nitrogens is 2. The largest absolute Gasteiger partial charge is 0.453 e. The number of ether oxygens (including phenoxy) is 1. The first kappa shape index (κ1) is 19.8. The van der Waals surface area contributed by atoms with Crippen molar-refractivity contribution in [1.29, 1.82) is 0 Å². The molecule has 0 fully saturated rings. The number of aryl methyl sites for hydroxylation is 1. The fourth-order valence-electron chi connectivity index (χ4n) is 3.08. The van der Waals surface area contributed by atoms with Crippen molar-refractivity contribution in [2.75, 3.05) is 11.9 Å². The number of nitrogens with one attached hydrogen (secondary N) is 1. The molecular weight excluding hydrogens is 374 g/mol. The van der Waals surface area contributed by atoms with Crippen LogP contribution in [0.1, 0.15) is 44.7 Å². The minimum Gasteiger partial charge on any atom is -0.453 e. The third-order valence-electron chi connectivity index (χ3n) is 4.52. The molecule has 1 aromatic carbocycles. The Morgan fingerprint density at radius 2 is 1.96 bits per heavy atom. The summed E-state index contributed by atoms with van der Waals surface area (Å²) in [5.41, 5.74) is 3.82. The Kier molecular flexibility index (Phi) is 6.26. The molecule has 6 nitrogen and oxygen atoms in total. The standard InChI is InChI=1S/C21H23N3O3S/c1-4-24-14(2)10-17(15(24)3)19(25)12-27-20(26)18-13-28-21(23-18)22-11-16-8-6-5-7-9-16/h5-10,13H,4,11-12H2,1-3H3,(H,22,23). The van der Waals surface area contributed by atoms with Crippen molar-refractivity contribution in [1.82, 2.24) is 9.55 Å². The Bertz CT molecular complexity index is 976. The molecule has 0 radical (unpaired) electrons. The van der Waals surface area contributed by atoms with Crippen LogP contribution in [0.5, 0.6) is 0 Å². The summed E-state index contributed by atoms with van der Waals surface area (Å²) in [5.74, 6) is -0.805. The summed E-state index contributed by atoms with van der Waals surface area (Å²) in [6.45, 7) is 7.00. The second kappa shape index (κ2) is 8.84. The van der Waals surface area contributed by atoms with Gasteiger partial charge in [-0.25, -0.2) is 9.78 Å². The number of hydrogen-bond acceptors (Lipinski definition) is 6. The second-order valence-corrected chi connectivity index (χ2v) is 7.26. The van der Waals surface area contributed by atoms with Gasteiger partial charge in [0.25, 0.3) is 0 Å². The monoisotopic (exact) mass is 397 g/mol. The average molecular weight is 398 g/mol. The average Bonchev–Trinajstić information content (AvgIpc) is 3.29. The molecule has 0 saturated carbocycles. The van der Waals surface area contributed by atoms with Crippen molar-refractivity contribution in [2.45, 2.75) is 33.9 Å². The molecule has 146 valence electrons. The van der Waals surface area contributed by atoms with Crippen molar-refractivity contribution < 1.29 is 14.3 Å². The molecule has 0 amide bonds. The number of esters is 1. The SMILES string of the molecule is CCn1c(C)cc(C(=O)COC(=O)c2csc(NCc3ccccc3)n2)c1C. The van der Waals surface area contributed by atoms with Crippen LogP contribution in [-0.4, -0.2) is 27.9 Å². The van der Waals surface area contributed by atoms with E-state index in [1.54, 1.807) is 5.38 Å². The number of rotatable bonds is 8. The van der Waals surface area contributed by atoms with Gasteiger partial charge in [-0.1, -0.05) is 30.3 Å². The smallest absolute Gasteiger partial charge is 0.358 e. The number of nitrogens with zero attached hydrogens (tertiary/aromatic N) is 2. The highest BCUT2D eigenvalue weighted by molar-refractivity contribution is 7.13. The van der Waals surface area contributed by atoms with E-state index in [2.05, 4.69) is 14.9 Å². The number of benzene rings is 1. The highest BCUT2D eigenvalue weighted by atomic mass is 32.1. The molecule has 2 heterocycles. The van der Waals surface area contributed by atoms with Crippen LogP contribution in [-0.2, 0) is 17.8 Å². The van der Waals surface area contributed by atoms with Gasteiger partial charge in [-0.15, -0.1) is 11.3 Å². The normalized spacial score (nSPS) is 10.7. The Hall–Kier alpha value is -2.93. The van der Waals surface area contributed by atoms with Crippen LogP contribution < -0.4 is 5.32 Å². The maximum absolute atomic E-state index is 12.4. The molecule has 0 atom stereocenters. The van der Waals surface area contributed by atoms with Crippen molar-refractivity contribution in [3.05, 3.63) is 70.0 Å². The quantitative estimate of drug-likeness (QED) is 0.455. The van der Waals surface area contributed by atoms with E-state index >= 15 is 0 Å². The van der Waals surface area contributed by atoms with E-state index in [9.17, 15) is 9.59 Å². The highest BCUT2D eigenvalue weighted by Crippen LogP contribution is 2.18. The number of Topliss-reactive ketones (excluding diaryl/α,β-unsaturated/α-hetero) is 1. The Labute approximate surface area is 168 Å². The van der Waals surface area contributed by atoms with Gasteiger partial charge in [-0.2, -0.15) is 0 Å². The van der Waals surface area contributed by atoms with Crippen molar-refractivity contribution in [3.8, 4) is 0 Å². The fraction of sp³-hybridized carbons (Fsp3) is 0.286. The molecule has 3 aromatic rings. The first-order chi connectivity index (χ1) is 13.5. The summed E-state index contributed by atoms with van der Waals surface area (Å²) < 4.78 is 7.23. The maximum Gasteiger partial charge on any atom is 0.358 e. The predicted octanol–water partition coefficient (Wildman–Crippen LogP) is 4.23. The maximum atomic E-state index is 12.4. The fourth-order valence-corrected chi connectivity index (χ4v) is 3.75. The summed E-state index contributed by atoms with van der Waals surface area (Å²) in [6.07, 6.45) is 0. The first-order valence-corrected chi connectivity index (χ1v) is 9.98. The van der Waals surface area contributed by atoms with E-state index in [4.69, 9.17) is 4.74 Å². The molecule has 28 heavy (non-hydrogen) atoms. The molecule has 2 aromatic heterocycles. The minimum absolute atomic E-state index is 0.201. The molecule has 0 spiro atoms. The summed E-state index contributed by atoms with van der Waals surface area (Å²) in [6, 6.07) is 11.8. The number of thiazole rings is 1. The molecular formula is C21H23N3O3S. The van der Waals surface area contributed by atoms with E-state index in [1.165, 1.54) is 11.3 Å². The van der Waals surface area contributed by atoms with E-state index in [1.807, 2.05) is 57.2 Å². The van der Waals surface area contributed by atoms with Gasteiger partial charge in [0.05, 0.1) is 0 Å². The third-order valence-corrected chi connectivity index (χ3v) is 5.32. The summed E-state index contributed by atoms with van der Waals surface area (Å²) in [7, 11) is 0. The lowest BCUT2D eigenvalue weighted by atomic mass is 10.1. The topological polar surface area (TPSA) is 73.2 Å². The van der Waals surface area contributed by atoms with Crippen LogP contribution in [0.3, 0.4) is 0 Å². The molecule has 0 aliphatic carbocycles. The predicted molar refractivity (Wildman–Crippen MR) is 110 cm³/mol. The zero-order chi connectivity index (χ0) is 20.1. The van der Waals surface area contributed by atoms with E-state index in [0.29, 0.717) is 17.2 Å². The summed E-state index contributed by atoms with van der Waals surface area (Å²) in [5, 5.41) is 5.44. The van der Waals surface area contributed by atoms with Crippen molar-refractivity contribution in [2.24, 2.45) is 0 Å². The molecule has 0 unspecified atom stereocenters. The van der Waals surface area contributed by atoms with Gasteiger partial charge in [-0.3, -0.25) is 4.79 Å². The van der Waals surface area contributed by atoms with E-state index in [-0.39, 0.29) is 18.1 Å². The Morgan fingerprint density at radius 1 is 1.21 bits per heavy atom. The minimum atomic E-state index is -0.596. The van der Waals surface area contributed by atoms with Gasteiger partial charge >= 0.3 is 5.97 Å². The van der Waals surface area contributed by atoms with Crippen LogP contribution in [0, 0.1) is 13.8 Å². The van der Waals surface area contributed by atoms with Crippen LogP contribution in [0.4, 0.5) is 5.13 Å². The molecule has 7 heteroatoms. The third kappa shape index (κ3) is 4.48. The molecule has 0 aliphatic heterocycles. The van der Waals surface area contributed by atoms with Gasteiger partial charge in [0.1, 0.15) is 0 Å². The Balaban J connectivity index is 1.55. The van der Waals surface area contributed by atoms with Gasteiger partial charge in [-0.05, 0) is 32.4 Å². The Morgan fingerprint density at radius 3 is 2.64 bits per heavy atom. The molecule has 3 rings (SSSR count). The van der Waals surface area contributed by atoms with Crippen LogP contribution >= 0.6 is 11.3 Å². The molecule has 0 bridgehead atoms. The number of carbonyl (C=O) groups excluding carboxylic acids is 2. The molecule has 0 aliphatic rings. The summed E-state index contributed by atoms with van der Waals surface area (Å²) >= 11 is 1.33. The lowest BCUT2D eigenvalue weighted by molar-refractivity contribution is 0.0469. The van der Waals surface area contributed by atoms with E-state index in [0.717, 1.165) is 23.5 Å². The number of anilines is 1. The second-order valence-electron chi connectivity index (χ2n) is 6.41. The van der Waals surface area contributed by atoms with Gasteiger partial charge in [0.15, 0.2) is 17.4 Å².